The zero-order chi connectivity index (χ0) is 14.0. The smallest absolute Gasteiger partial charge is 0.256 e. The molecule has 2 rings (SSSR count). The fraction of sp³-hybridized carbons (Fsp3) is 0.133. The number of anilines is 2. The molecule has 19 heavy (non-hydrogen) atoms. The molecule has 0 atom stereocenters. The molecule has 3 N–H and O–H groups in total. The third-order valence-electron chi connectivity index (χ3n) is 2.95. The third-order valence-corrected chi connectivity index (χ3v) is 3.28. The summed E-state index contributed by atoms with van der Waals surface area (Å²) in [5, 5.41) is 3.26. The van der Waals surface area contributed by atoms with E-state index in [0.717, 1.165) is 11.1 Å². The zero-order valence-corrected chi connectivity index (χ0v) is 11.6. The predicted molar refractivity (Wildman–Crippen MR) is 79.7 cm³/mol. The molecule has 2 aromatic carbocycles. The van der Waals surface area contributed by atoms with Gasteiger partial charge in [-0.3, -0.25) is 4.79 Å². The second-order valence-corrected chi connectivity index (χ2v) is 4.87. The van der Waals surface area contributed by atoms with Crippen LogP contribution < -0.4 is 11.1 Å². The van der Waals surface area contributed by atoms with Crippen LogP contribution >= 0.6 is 11.6 Å². The molecule has 0 saturated heterocycles. The van der Waals surface area contributed by atoms with Gasteiger partial charge in [-0.2, -0.15) is 0 Å². The molecule has 0 unspecified atom stereocenters. The van der Waals surface area contributed by atoms with Crippen molar-refractivity contribution in [2.24, 2.45) is 0 Å². The highest BCUT2D eigenvalue weighted by Gasteiger charge is 2.13. The van der Waals surface area contributed by atoms with Crippen LogP contribution in [0.25, 0.3) is 0 Å². The van der Waals surface area contributed by atoms with E-state index in [0.29, 0.717) is 22.0 Å². The molecular formula is C15H15ClN2O. The second-order valence-electron chi connectivity index (χ2n) is 4.46. The minimum absolute atomic E-state index is 0.178. The molecule has 0 radical (unpaired) electrons. The summed E-state index contributed by atoms with van der Waals surface area (Å²) in [4.78, 5) is 12.3. The van der Waals surface area contributed by atoms with E-state index in [2.05, 4.69) is 5.32 Å². The van der Waals surface area contributed by atoms with E-state index in [4.69, 9.17) is 17.3 Å². The van der Waals surface area contributed by atoms with E-state index >= 15 is 0 Å². The number of nitrogen functional groups attached to an aromatic ring is 1. The highest BCUT2D eigenvalue weighted by atomic mass is 35.5. The van der Waals surface area contributed by atoms with Gasteiger partial charge in [0.25, 0.3) is 5.91 Å². The summed E-state index contributed by atoms with van der Waals surface area (Å²) >= 11 is 6.04. The van der Waals surface area contributed by atoms with Crippen LogP contribution in [-0.4, -0.2) is 5.91 Å². The van der Waals surface area contributed by atoms with Crippen molar-refractivity contribution in [1.82, 2.24) is 0 Å². The quantitative estimate of drug-likeness (QED) is 0.819. The van der Waals surface area contributed by atoms with E-state index in [1.807, 2.05) is 32.0 Å². The number of aryl methyl sites for hydroxylation is 2. The van der Waals surface area contributed by atoms with Crippen molar-refractivity contribution in [3.63, 3.8) is 0 Å². The number of benzene rings is 2. The minimum Gasteiger partial charge on any atom is -0.399 e. The Morgan fingerprint density at radius 2 is 1.79 bits per heavy atom. The summed E-state index contributed by atoms with van der Waals surface area (Å²) in [6, 6.07) is 10.7. The fourth-order valence-electron chi connectivity index (χ4n) is 2.00. The number of rotatable bonds is 2. The lowest BCUT2D eigenvalue weighted by atomic mass is 10.0. The summed E-state index contributed by atoms with van der Waals surface area (Å²) < 4.78 is 0. The van der Waals surface area contributed by atoms with Crippen molar-refractivity contribution in [1.29, 1.82) is 0 Å². The Morgan fingerprint density at radius 1 is 1.16 bits per heavy atom. The Balaban J connectivity index is 2.34. The SMILES string of the molecule is Cc1cccc(C)c1C(=O)Nc1cc(N)ccc1Cl. The van der Waals surface area contributed by atoms with E-state index in [1.54, 1.807) is 18.2 Å². The average Bonchev–Trinajstić information content (AvgIpc) is 2.33. The Labute approximate surface area is 117 Å². The summed E-state index contributed by atoms with van der Waals surface area (Å²) in [7, 11) is 0. The maximum atomic E-state index is 12.3. The molecule has 0 fully saturated rings. The Hall–Kier alpha value is -2.00. The van der Waals surface area contributed by atoms with Gasteiger partial charge in [0.2, 0.25) is 0 Å². The van der Waals surface area contributed by atoms with Crippen LogP contribution in [0.5, 0.6) is 0 Å². The van der Waals surface area contributed by atoms with E-state index in [-0.39, 0.29) is 5.91 Å². The maximum Gasteiger partial charge on any atom is 0.256 e. The first kappa shape index (κ1) is 13.4. The van der Waals surface area contributed by atoms with Crippen LogP contribution in [0.15, 0.2) is 36.4 Å². The molecule has 0 aliphatic rings. The Bertz CT molecular complexity index is 618. The van der Waals surface area contributed by atoms with Crippen LogP contribution in [0.1, 0.15) is 21.5 Å². The van der Waals surface area contributed by atoms with Crippen LogP contribution in [0, 0.1) is 13.8 Å². The lowest BCUT2D eigenvalue weighted by Gasteiger charge is -2.11. The first-order chi connectivity index (χ1) is 8.99. The number of carbonyl (C=O) groups is 1. The van der Waals surface area contributed by atoms with Crippen molar-refractivity contribution in [2.75, 3.05) is 11.1 Å². The molecule has 0 heterocycles. The van der Waals surface area contributed by atoms with Gasteiger partial charge in [-0.25, -0.2) is 0 Å². The predicted octanol–water partition coefficient (Wildman–Crippen LogP) is 3.79. The summed E-state index contributed by atoms with van der Waals surface area (Å²) in [6.45, 7) is 3.81. The Kier molecular flexibility index (Phi) is 3.76. The van der Waals surface area contributed by atoms with Crippen LogP contribution in [-0.2, 0) is 0 Å². The fourth-order valence-corrected chi connectivity index (χ4v) is 2.16. The molecule has 4 heteroatoms. The van der Waals surface area contributed by atoms with Gasteiger partial charge in [0.1, 0.15) is 0 Å². The zero-order valence-electron chi connectivity index (χ0n) is 10.8. The van der Waals surface area contributed by atoms with Gasteiger partial charge in [-0.15, -0.1) is 0 Å². The lowest BCUT2D eigenvalue weighted by molar-refractivity contribution is 0.102. The number of nitrogens with one attached hydrogen (secondary N) is 1. The highest BCUT2D eigenvalue weighted by Crippen LogP contribution is 2.25. The van der Waals surface area contributed by atoms with Gasteiger partial charge in [-0.1, -0.05) is 29.8 Å². The standard InChI is InChI=1S/C15H15ClN2O/c1-9-4-3-5-10(2)14(9)15(19)18-13-8-11(17)6-7-12(13)16/h3-8H,17H2,1-2H3,(H,18,19). The topological polar surface area (TPSA) is 55.1 Å². The van der Waals surface area contributed by atoms with Crippen molar-refractivity contribution < 1.29 is 4.79 Å². The largest absolute Gasteiger partial charge is 0.399 e. The number of halogens is 1. The third kappa shape index (κ3) is 2.88. The van der Waals surface area contributed by atoms with Gasteiger partial charge in [0.15, 0.2) is 0 Å². The maximum absolute atomic E-state index is 12.3. The molecule has 0 spiro atoms. The number of amides is 1. The molecule has 0 aliphatic heterocycles. The van der Waals surface area contributed by atoms with Crippen molar-refractivity contribution >= 4 is 28.9 Å². The van der Waals surface area contributed by atoms with Crippen molar-refractivity contribution in [3.8, 4) is 0 Å². The molecule has 0 bridgehead atoms. The molecule has 98 valence electrons. The van der Waals surface area contributed by atoms with Crippen molar-refractivity contribution in [3.05, 3.63) is 58.1 Å². The molecular weight excluding hydrogens is 260 g/mol. The molecule has 0 saturated carbocycles. The Morgan fingerprint density at radius 3 is 2.42 bits per heavy atom. The monoisotopic (exact) mass is 274 g/mol. The van der Waals surface area contributed by atoms with Crippen LogP contribution in [0.2, 0.25) is 5.02 Å². The number of carbonyl (C=O) groups excluding carboxylic acids is 1. The van der Waals surface area contributed by atoms with Gasteiger partial charge >= 0.3 is 0 Å². The van der Waals surface area contributed by atoms with Crippen LogP contribution in [0.4, 0.5) is 11.4 Å². The van der Waals surface area contributed by atoms with E-state index in [1.165, 1.54) is 0 Å². The number of nitrogens with two attached hydrogens (primary N) is 1. The molecule has 0 aliphatic carbocycles. The summed E-state index contributed by atoms with van der Waals surface area (Å²) in [6.07, 6.45) is 0. The number of hydrogen-bond acceptors (Lipinski definition) is 2. The average molecular weight is 275 g/mol. The van der Waals surface area contributed by atoms with Gasteiger partial charge in [-0.05, 0) is 43.2 Å². The first-order valence-corrected chi connectivity index (χ1v) is 6.29. The molecule has 1 amide bonds. The van der Waals surface area contributed by atoms with E-state index in [9.17, 15) is 4.79 Å². The summed E-state index contributed by atoms with van der Waals surface area (Å²) in [5.74, 6) is -0.178. The van der Waals surface area contributed by atoms with E-state index < -0.39 is 0 Å². The number of hydrogen-bond donors (Lipinski definition) is 2. The minimum atomic E-state index is -0.178. The first-order valence-electron chi connectivity index (χ1n) is 5.91. The van der Waals surface area contributed by atoms with Gasteiger partial charge < -0.3 is 11.1 Å². The van der Waals surface area contributed by atoms with Gasteiger partial charge in [0.05, 0.1) is 10.7 Å². The second kappa shape index (κ2) is 5.33. The molecule has 3 nitrogen and oxygen atoms in total. The molecule has 0 aromatic heterocycles. The normalized spacial score (nSPS) is 10.3. The summed E-state index contributed by atoms with van der Waals surface area (Å²) in [5.41, 5.74) is 9.30. The van der Waals surface area contributed by atoms with Crippen molar-refractivity contribution in [2.45, 2.75) is 13.8 Å². The molecule has 2 aromatic rings. The highest BCUT2D eigenvalue weighted by molar-refractivity contribution is 6.34. The van der Waals surface area contributed by atoms with Gasteiger partial charge in [0, 0.05) is 11.3 Å². The lowest BCUT2D eigenvalue weighted by Crippen LogP contribution is -2.15. The van der Waals surface area contributed by atoms with Crippen LogP contribution in [0.3, 0.4) is 0 Å².